The molecule has 0 bridgehead atoms. The molecule has 1 heterocycles. The van der Waals surface area contributed by atoms with Gasteiger partial charge in [0.05, 0.1) is 14.7 Å². The Kier molecular flexibility index (Phi) is 7.21. The number of amidine groups is 1. The van der Waals surface area contributed by atoms with Crippen LogP contribution in [0.5, 0.6) is 0 Å². The summed E-state index contributed by atoms with van der Waals surface area (Å²) in [5.41, 5.74) is 0.510. The van der Waals surface area contributed by atoms with E-state index in [1.54, 1.807) is 24.3 Å². The minimum atomic E-state index is -4.00. The summed E-state index contributed by atoms with van der Waals surface area (Å²) in [4.78, 5) is 24.8. The lowest BCUT2D eigenvalue weighted by atomic mass is 10.2. The van der Waals surface area contributed by atoms with Crippen molar-refractivity contribution in [1.29, 1.82) is 0 Å². The number of hydrogen-bond acceptors (Lipinski definition) is 7. The van der Waals surface area contributed by atoms with E-state index in [2.05, 4.69) is 4.40 Å². The molecule has 162 valence electrons. The van der Waals surface area contributed by atoms with Gasteiger partial charge >= 0.3 is 0 Å². The summed E-state index contributed by atoms with van der Waals surface area (Å²) in [6.07, 6.45) is 2.05. The number of carbonyl (C=O) groups is 1. The van der Waals surface area contributed by atoms with Crippen LogP contribution in [0.4, 0.5) is 5.69 Å². The Hall–Kier alpha value is -3.02. The van der Waals surface area contributed by atoms with Gasteiger partial charge < -0.3 is 4.74 Å². The van der Waals surface area contributed by atoms with Crippen molar-refractivity contribution in [2.24, 2.45) is 4.40 Å². The number of methoxy groups -OCH3 is 1. The number of hydrogen-bond donors (Lipinski definition) is 0. The number of carbonyl (C=O) groups excluding carboxylic acids is 1. The number of nitrogens with zero attached hydrogens (tertiary/aromatic N) is 3. The summed E-state index contributed by atoms with van der Waals surface area (Å²) in [7, 11) is -2.47. The van der Waals surface area contributed by atoms with E-state index in [9.17, 15) is 23.3 Å². The third-order valence-electron chi connectivity index (χ3n) is 4.26. The predicted octanol–water partition coefficient (Wildman–Crippen LogP) is 3.29. The standard InChI is InChI=1S/C20H19N3O6S2/c1-29-13-5-12-22-19(24)18(14-15-8-10-16(11-9-15)23(25)26)30-20(22)21-31(27,28)17-6-3-2-4-7-17/h2-4,6-11,14H,5,12-13H2,1H3. The number of rotatable bonds is 8. The second-order valence-corrected chi connectivity index (χ2v) is 9.04. The van der Waals surface area contributed by atoms with E-state index in [-0.39, 0.29) is 33.1 Å². The van der Waals surface area contributed by atoms with Crippen LogP contribution < -0.4 is 0 Å². The number of sulfonamides is 1. The highest BCUT2D eigenvalue weighted by Crippen LogP contribution is 2.34. The van der Waals surface area contributed by atoms with Crippen molar-refractivity contribution in [1.82, 2.24) is 4.90 Å². The minimum absolute atomic E-state index is 0.0280. The van der Waals surface area contributed by atoms with Crippen molar-refractivity contribution in [3.8, 4) is 0 Å². The van der Waals surface area contributed by atoms with Crippen LogP contribution in [-0.4, -0.2) is 49.6 Å². The topological polar surface area (TPSA) is 119 Å². The van der Waals surface area contributed by atoms with E-state index in [1.165, 1.54) is 48.4 Å². The van der Waals surface area contributed by atoms with Gasteiger partial charge in [-0.3, -0.25) is 19.8 Å². The maximum atomic E-state index is 12.9. The van der Waals surface area contributed by atoms with Gasteiger partial charge in [-0.15, -0.1) is 4.40 Å². The van der Waals surface area contributed by atoms with Crippen molar-refractivity contribution in [3.63, 3.8) is 0 Å². The maximum absolute atomic E-state index is 12.9. The zero-order valence-electron chi connectivity index (χ0n) is 16.5. The molecule has 0 spiro atoms. The fourth-order valence-corrected chi connectivity index (χ4v) is 4.96. The van der Waals surface area contributed by atoms with Gasteiger partial charge in [0.15, 0.2) is 5.17 Å². The van der Waals surface area contributed by atoms with Crippen molar-refractivity contribution in [2.75, 3.05) is 20.3 Å². The van der Waals surface area contributed by atoms with Crippen LogP contribution in [0.25, 0.3) is 6.08 Å². The molecule has 2 aromatic carbocycles. The fourth-order valence-electron chi connectivity index (χ4n) is 2.73. The SMILES string of the molecule is COCCCN1C(=O)C(=Cc2ccc([N+](=O)[O-])cc2)SC1=NS(=O)(=O)c1ccccc1. The number of nitro benzene ring substituents is 1. The van der Waals surface area contributed by atoms with Gasteiger partial charge in [-0.05, 0) is 54.1 Å². The van der Waals surface area contributed by atoms with E-state index in [0.717, 1.165) is 11.8 Å². The number of amides is 1. The van der Waals surface area contributed by atoms with Crippen molar-refractivity contribution < 1.29 is 22.9 Å². The second kappa shape index (κ2) is 9.86. The van der Waals surface area contributed by atoms with Crippen LogP contribution in [0.15, 0.2) is 68.8 Å². The predicted molar refractivity (Wildman–Crippen MR) is 118 cm³/mol. The molecule has 9 nitrogen and oxygen atoms in total. The lowest BCUT2D eigenvalue weighted by Crippen LogP contribution is -2.31. The van der Waals surface area contributed by atoms with Gasteiger partial charge in [0.2, 0.25) is 0 Å². The lowest BCUT2D eigenvalue weighted by Gasteiger charge is -2.15. The zero-order chi connectivity index (χ0) is 22.4. The van der Waals surface area contributed by atoms with Crippen molar-refractivity contribution in [2.45, 2.75) is 11.3 Å². The smallest absolute Gasteiger partial charge is 0.284 e. The molecule has 31 heavy (non-hydrogen) atoms. The Balaban J connectivity index is 1.94. The van der Waals surface area contributed by atoms with E-state index in [0.29, 0.717) is 18.6 Å². The van der Waals surface area contributed by atoms with Crippen LogP contribution in [0.3, 0.4) is 0 Å². The molecule has 1 aliphatic rings. The zero-order valence-corrected chi connectivity index (χ0v) is 18.1. The summed E-state index contributed by atoms with van der Waals surface area (Å²) < 4.78 is 34.3. The number of nitro groups is 1. The first-order valence-electron chi connectivity index (χ1n) is 9.16. The van der Waals surface area contributed by atoms with Gasteiger partial charge in [0.25, 0.3) is 21.6 Å². The molecule has 2 aromatic rings. The van der Waals surface area contributed by atoms with Gasteiger partial charge in [-0.25, -0.2) is 0 Å². The molecular formula is C20H19N3O6S2. The second-order valence-electron chi connectivity index (χ2n) is 6.42. The van der Waals surface area contributed by atoms with Gasteiger partial charge in [0, 0.05) is 32.4 Å². The van der Waals surface area contributed by atoms with E-state index < -0.39 is 14.9 Å². The molecule has 3 rings (SSSR count). The third kappa shape index (κ3) is 5.57. The first-order chi connectivity index (χ1) is 14.8. The maximum Gasteiger partial charge on any atom is 0.284 e. The molecule has 1 aliphatic heterocycles. The Morgan fingerprint density at radius 1 is 1.16 bits per heavy atom. The lowest BCUT2D eigenvalue weighted by molar-refractivity contribution is -0.384. The van der Waals surface area contributed by atoms with Crippen molar-refractivity contribution in [3.05, 3.63) is 75.2 Å². The highest BCUT2D eigenvalue weighted by atomic mass is 32.2. The molecule has 1 saturated heterocycles. The molecule has 1 amide bonds. The highest BCUT2D eigenvalue weighted by molar-refractivity contribution is 8.19. The number of ether oxygens (including phenoxy) is 1. The highest BCUT2D eigenvalue weighted by Gasteiger charge is 2.34. The number of benzene rings is 2. The molecular weight excluding hydrogens is 442 g/mol. The first kappa shape index (κ1) is 22.7. The molecule has 0 unspecified atom stereocenters. The Morgan fingerprint density at radius 2 is 1.84 bits per heavy atom. The van der Waals surface area contributed by atoms with E-state index >= 15 is 0 Å². The molecule has 0 N–H and O–H groups in total. The minimum Gasteiger partial charge on any atom is -0.385 e. The Morgan fingerprint density at radius 3 is 2.45 bits per heavy atom. The molecule has 0 saturated carbocycles. The molecule has 11 heteroatoms. The number of non-ortho nitro benzene ring substituents is 1. The first-order valence-corrected chi connectivity index (χ1v) is 11.4. The normalized spacial score (nSPS) is 16.9. The van der Waals surface area contributed by atoms with Crippen LogP contribution >= 0.6 is 11.8 Å². The third-order valence-corrected chi connectivity index (χ3v) is 6.66. The molecule has 0 aliphatic carbocycles. The summed E-state index contributed by atoms with van der Waals surface area (Å²) in [6.45, 7) is 0.634. The van der Waals surface area contributed by atoms with Gasteiger partial charge in [-0.2, -0.15) is 8.42 Å². The summed E-state index contributed by atoms with van der Waals surface area (Å²) >= 11 is 0.945. The summed E-state index contributed by atoms with van der Waals surface area (Å²) in [5, 5.41) is 10.9. The Bertz CT molecular complexity index is 1130. The average molecular weight is 462 g/mol. The number of thioether (sulfide) groups is 1. The fraction of sp³-hybridized carbons (Fsp3) is 0.200. The van der Waals surface area contributed by atoms with Crippen molar-refractivity contribution >= 4 is 44.6 Å². The summed E-state index contributed by atoms with van der Waals surface area (Å²) in [6, 6.07) is 13.5. The van der Waals surface area contributed by atoms with Crippen LogP contribution in [0.1, 0.15) is 12.0 Å². The largest absolute Gasteiger partial charge is 0.385 e. The van der Waals surface area contributed by atoms with E-state index in [4.69, 9.17) is 4.74 Å². The van der Waals surface area contributed by atoms with Gasteiger partial charge in [0.1, 0.15) is 0 Å². The Labute approximate surface area is 183 Å². The van der Waals surface area contributed by atoms with Gasteiger partial charge in [-0.1, -0.05) is 18.2 Å². The molecule has 0 atom stereocenters. The summed E-state index contributed by atoms with van der Waals surface area (Å²) in [5.74, 6) is -0.388. The van der Waals surface area contributed by atoms with E-state index in [1.807, 2.05) is 0 Å². The monoisotopic (exact) mass is 461 g/mol. The molecule has 0 radical (unpaired) electrons. The van der Waals surface area contributed by atoms with Crippen LogP contribution in [0, 0.1) is 10.1 Å². The van der Waals surface area contributed by atoms with Crippen LogP contribution in [0.2, 0.25) is 0 Å². The molecule has 1 fully saturated rings. The average Bonchev–Trinajstić information content (AvgIpc) is 3.03. The van der Waals surface area contributed by atoms with Crippen LogP contribution in [-0.2, 0) is 19.6 Å². The molecule has 0 aromatic heterocycles. The quantitative estimate of drug-likeness (QED) is 0.256.